The lowest BCUT2D eigenvalue weighted by Gasteiger charge is -2.09. The van der Waals surface area contributed by atoms with Gasteiger partial charge in [-0.25, -0.2) is 9.78 Å². The van der Waals surface area contributed by atoms with Crippen molar-refractivity contribution in [3.05, 3.63) is 22.5 Å². The van der Waals surface area contributed by atoms with E-state index in [0.29, 0.717) is 4.88 Å². The number of imidazole rings is 1. The summed E-state index contributed by atoms with van der Waals surface area (Å²) < 4.78 is 6.76. The van der Waals surface area contributed by atoms with Crippen LogP contribution in [0.5, 0.6) is 0 Å². The topological polar surface area (TPSA) is 43.6 Å². The minimum Gasteiger partial charge on any atom is -0.465 e. The number of aryl methyl sites for hydroxylation is 2. The highest BCUT2D eigenvalue weighted by atomic mass is 32.1. The van der Waals surface area contributed by atoms with Gasteiger partial charge >= 0.3 is 5.97 Å². The largest absolute Gasteiger partial charge is 0.465 e. The number of esters is 1. The van der Waals surface area contributed by atoms with E-state index in [4.69, 9.17) is 4.74 Å². The Hall–Kier alpha value is -1.36. The maximum absolute atomic E-state index is 11.4. The number of ether oxygens (including phenoxy) is 1. The Morgan fingerprint density at radius 1 is 1.50 bits per heavy atom. The smallest absolute Gasteiger partial charge is 0.349 e. The standard InChI is InChI=1S/C11H12N2O2S/c1-15-10(14)9-6-13-8-5-3-2-4-7(8)12-11(13)16-9/h6H,2-5H2,1H3. The van der Waals surface area contributed by atoms with E-state index in [9.17, 15) is 4.79 Å². The van der Waals surface area contributed by atoms with Gasteiger partial charge in [0, 0.05) is 11.9 Å². The van der Waals surface area contributed by atoms with E-state index >= 15 is 0 Å². The number of rotatable bonds is 1. The van der Waals surface area contributed by atoms with Gasteiger partial charge in [-0.15, -0.1) is 0 Å². The Labute approximate surface area is 96.9 Å². The maximum atomic E-state index is 11.4. The summed E-state index contributed by atoms with van der Waals surface area (Å²) in [4.78, 5) is 17.5. The highest BCUT2D eigenvalue weighted by molar-refractivity contribution is 7.18. The monoisotopic (exact) mass is 236 g/mol. The van der Waals surface area contributed by atoms with Crippen LogP contribution in [0.3, 0.4) is 0 Å². The third-order valence-corrected chi connectivity index (χ3v) is 3.93. The molecule has 4 nitrogen and oxygen atoms in total. The minimum atomic E-state index is -0.278. The number of hydrogen-bond donors (Lipinski definition) is 0. The average molecular weight is 236 g/mol. The molecule has 0 saturated heterocycles. The van der Waals surface area contributed by atoms with Gasteiger partial charge in [-0.05, 0) is 25.7 Å². The molecule has 2 heterocycles. The number of aromatic nitrogens is 2. The fourth-order valence-corrected chi connectivity index (χ4v) is 3.12. The van der Waals surface area contributed by atoms with E-state index in [1.165, 1.54) is 42.7 Å². The van der Waals surface area contributed by atoms with Crippen LogP contribution in [-0.2, 0) is 17.6 Å². The second kappa shape index (κ2) is 3.59. The predicted octanol–water partition coefficient (Wildman–Crippen LogP) is 2.06. The molecule has 0 bridgehead atoms. The summed E-state index contributed by atoms with van der Waals surface area (Å²) >= 11 is 1.40. The van der Waals surface area contributed by atoms with E-state index in [0.717, 1.165) is 17.8 Å². The zero-order valence-corrected chi connectivity index (χ0v) is 9.84. The maximum Gasteiger partial charge on any atom is 0.349 e. The normalized spacial score (nSPS) is 15.1. The van der Waals surface area contributed by atoms with Crippen molar-refractivity contribution >= 4 is 22.3 Å². The van der Waals surface area contributed by atoms with Gasteiger partial charge in [0.15, 0.2) is 4.96 Å². The van der Waals surface area contributed by atoms with E-state index in [1.54, 1.807) is 0 Å². The van der Waals surface area contributed by atoms with Gasteiger partial charge < -0.3 is 4.74 Å². The lowest BCUT2D eigenvalue weighted by molar-refractivity contribution is 0.0606. The number of carbonyl (C=O) groups is 1. The molecule has 0 aliphatic heterocycles. The van der Waals surface area contributed by atoms with Crippen molar-refractivity contribution in [1.29, 1.82) is 0 Å². The van der Waals surface area contributed by atoms with E-state index in [-0.39, 0.29) is 5.97 Å². The molecule has 0 fully saturated rings. The molecule has 0 amide bonds. The Balaban J connectivity index is 2.13. The SMILES string of the molecule is COC(=O)c1cn2c3c(nc2s1)CCCC3. The van der Waals surface area contributed by atoms with Crippen molar-refractivity contribution in [3.8, 4) is 0 Å². The van der Waals surface area contributed by atoms with Gasteiger partial charge in [0.1, 0.15) is 4.88 Å². The summed E-state index contributed by atoms with van der Waals surface area (Å²) in [5, 5.41) is 0. The zero-order chi connectivity index (χ0) is 11.1. The van der Waals surface area contributed by atoms with Crippen molar-refractivity contribution in [3.63, 3.8) is 0 Å². The minimum absolute atomic E-state index is 0.278. The summed E-state index contributed by atoms with van der Waals surface area (Å²) in [7, 11) is 1.40. The number of hydrogen-bond acceptors (Lipinski definition) is 4. The third-order valence-electron chi connectivity index (χ3n) is 2.97. The van der Waals surface area contributed by atoms with Crippen molar-refractivity contribution in [2.45, 2.75) is 25.7 Å². The Bertz CT molecular complexity index is 556. The Morgan fingerprint density at radius 2 is 2.31 bits per heavy atom. The van der Waals surface area contributed by atoms with Crippen molar-refractivity contribution in [2.24, 2.45) is 0 Å². The molecule has 1 aliphatic carbocycles. The highest BCUT2D eigenvalue weighted by Crippen LogP contribution is 2.27. The summed E-state index contributed by atoms with van der Waals surface area (Å²) in [6.07, 6.45) is 6.42. The van der Waals surface area contributed by atoms with E-state index < -0.39 is 0 Å². The molecule has 1 aliphatic rings. The summed E-state index contributed by atoms with van der Waals surface area (Å²) in [5.74, 6) is -0.278. The first kappa shape index (κ1) is 9.84. The zero-order valence-electron chi connectivity index (χ0n) is 9.02. The summed E-state index contributed by atoms with van der Waals surface area (Å²) in [6.45, 7) is 0. The molecule has 5 heteroatoms. The first-order chi connectivity index (χ1) is 7.79. The number of nitrogens with zero attached hydrogens (tertiary/aromatic N) is 2. The lowest BCUT2D eigenvalue weighted by Crippen LogP contribution is -2.04. The van der Waals surface area contributed by atoms with Gasteiger partial charge in [0.25, 0.3) is 0 Å². The third kappa shape index (κ3) is 1.35. The van der Waals surface area contributed by atoms with Crippen molar-refractivity contribution < 1.29 is 9.53 Å². The number of thiazole rings is 1. The molecule has 0 aromatic carbocycles. The van der Waals surface area contributed by atoms with Gasteiger partial charge in [-0.1, -0.05) is 11.3 Å². The van der Waals surface area contributed by atoms with Gasteiger partial charge in [0.2, 0.25) is 0 Å². The average Bonchev–Trinajstić information content (AvgIpc) is 2.85. The quantitative estimate of drug-likeness (QED) is 0.712. The molecule has 0 spiro atoms. The van der Waals surface area contributed by atoms with Crippen LogP contribution in [-0.4, -0.2) is 22.5 Å². The molecule has 0 N–H and O–H groups in total. The molecule has 0 unspecified atom stereocenters. The van der Waals surface area contributed by atoms with Crippen LogP contribution < -0.4 is 0 Å². The van der Waals surface area contributed by atoms with Crippen LogP contribution in [0.1, 0.15) is 33.9 Å². The second-order valence-corrected chi connectivity index (χ2v) is 4.96. The summed E-state index contributed by atoms with van der Waals surface area (Å²) in [5.41, 5.74) is 2.47. The first-order valence-electron chi connectivity index (χ1n) is 5.37. The fourth-order valence-electron chi connectivity index (χ4n) is 2.18. The van der Waals surface area contributed by atoms with Gasteiger partial charge in [-0.3, -0.25) is 4.40 Å². The number of methoxy groups -OCH3 is 1. The Kier molecular flexibility index (Phi) is 2.21. The lowest BCUT2D eigenvalue weighted by atomic mass is 10.0. The molecule has 16 heavy (non-hydrogen) atoms. The molecule has 2 aromatic heterocycles. The van der Waals surface area contributed by atoms with Crippen LogP contribution in [0, 0.1) is 0 Å². The molecule has 0 radical (unpaired) electrons. The molecule has 0 saturated carbocycles. The van der Waals surface area contributed by atoms with Crippen molar-refractivity contribution in [1.82, 2.24) is 9.38 Å². The van der Waals surface area contributed by atoms with Crippen LogP contribution in [0.2, 0.25) is 0 Å². The molecule has 3 rings (SSSR count). The van der Waals surface area contributed by atoms with Gasteiger partial charge in [-0.2, -0.15) is 0 Å². The number of fused-ring (bicyclic) bond motifs is 3. The molecule has 2 aromatic rings. The van der Waals surface area contributed by atoms with Crippen LogP contribution in [0.25, 0.3) is 4.96 Å². The van der Waals surface area contributed by atoms with Crippen molar-refractivity contribution in [2.75, 3.05) is 7.11 Å². The fraction of sp³-hybridized carbons (Fsp3) is 0.455. The van der Waals surface area contributed by atoms with E-state index in [1.807, 2.05) is 10.6 Å². The van der Waals surface area contributed by atoms with E-state index in [2.05, 4.69) is 4.98 Å². The molecule has 84 valence electrons. The highest BCUT2D eigenvalue weighted by Gasteiger charge is 2.19. The first-order valence-corrected chi connectivity index (χ1v) is 6.19. The van der Waals surface area contributed by atoms with Crippen LogP contribution in [0.4, 0.5) is 0 Å². The second-order valence-electron chi connectivity index (χ2n) is 3.95. The molecular weight excluding hydrogens is 224 g/mol. The Morgan fingerprint density at radius 3 is 3.12 bits per heavy atom. The predicted molar refractivity (Wildman–Crippen MR) is 61.1 cm³/mol. The molecular formula is C11H12N2O2S. The molecule has 0 atom stereocenters. The summed E-state index contributed by atoms with van der Waals surface area (Å²) in [6, 6.07) is 0. The van der Waals surface area contributed by atoms with Crippen LogP contribution >= 0.6 is 11.3 Å². The number of carbonyl (C=O) groups excluding carboxylic acids is 1. The van der Waals surface area contributed by atoms with Crippen LogP contribution in [0.15, 0.2) is 6.20 Å². The van der Waals surface area contributed by atoms with Gasteiger partial charge in [0.05, 0.1) is 12.8 Å².